The molecule has 15 heavy (non-hydrogen) atoms. The first-order chi connectivity index (χ1) is 7.09. The molecule has 0 bridgehead atoms. The van der Waals surface area contributed by atoms with E-state index in [1.807, 2.05) is 46.8 Å². The molecule has 0 amide bonds. The molecule has 0 radical (unpaired) electrons. The second kappa shape index (κ2) is 9.34. The number of hydrogen-bond donors (Lipinski definition) is 3. The van der Waals surface area contributed by atoms with Gasteiger partial charge in [0.15, 0.2) is 0 Å². The minimum Gasteiger partial charge on any atom is -0.399 e. The van der Waals surface area contributed by atoms with Gasteiger partial charge in [0.25, 0.3) is 0 Å². The molecule has 0 saturated heterocycles. The summed E-state index contributed by atoms with van der Waals surface area (Å²) < 4.78 is 0. The molecule has 0 spiro atoms. The summed E-state index contributed by atoms with van der Waals surface area (Å²) in [6.45, 7) is 9.90. The lowest BCUT2D eigenvalue weighted by atomic mass is 10.1. The van der Waals surface area contributed by atoms with E-state index in [0.29, 0.717) is 11.4 Å². The Labute approximate surface area is 93.7 Å². The second-order valence-corrected chi connectivity index (χ2v) is 2.72. The topological polar surface area (TPSA) is 78.1 Å². The highest BCUT2D eigenvalue weighted by atomic mass is 14.6. The molecular weight excluding hydrogens is 186 g/mol. The van der Waals surface area contributed by atoms with E-state index >= 15 is 0 Å². The van der Waals surface area contributed by atoms with Gasteiger partial charge in [0.1, 0.15) is 0 Å². The van der Waals surface area contributed by atoms with Crippen molar-refractivity contribution in [1.29, 1.82) is 0 Å². The van der Waals surface area contributed by atoms with Crippen molar-refractivity contribution in [3.8, 4) is 0 Å². The van der Waals surface area contributed by atoms with Gasteiger partial charge in [0, 0.05) is 17.4 Å². The van der Waals surface area contributed by atoms with Crippen LogP contribution in [0.5, 0.6) is 0 Å². The van der Waals surface area contributed by atoms with Crippen molar-refractivity contribution >= 4 is 11.4 Å². The van der Waals surface area contributed by atoms with Gasteiger partial charge in [-0.2, -0.15) is 0 Å². The highest BCUT2D eigenvalue weighted by molar-refractivity contribution is 5.54. The fraction of sp³-hybridized carbons (Fsp3) is 0.500. The molecule has 1 aromatic rings. The van der Waals surface area contributed by atoms with E-state index in [9.17, 15) is 0 Å². The van der Waals surface area contributed by atoms with Gasteiger partial charge in [0.05, 0.1) is 0 Å². The minimum absolute atomic E-state index is 0.0131. The van der Waals surface area contributed by atoms with Crippen LogP contribution >= 0.6 is 0 Å². The van der Waals surface area contributed by atoms with Gasteiger partial charge in [-0.3, -0.25) is 0 Å². The average Bonchev–Trinajstić information content (AvgIpc) is 2.22. The van der Waals surface area contributed by atoms with E-state index in [-0.39, 0.29) is 6.04 Å². The average molecular weight is 211 g/mol. The van der Waals surface area contributed by atoms with Crippen LogP contribution in [-0.4, -0.2) is 0 Å². The lowest BCUT2D eigenvalue weighted by Crippen LogP contribution is -2.06. The van der Waals surface area contributed by atoms with Crippen LogP contribution in [0.3, 0.4) is 0 Å². The third-order valence-electron chi connectivity index (χ3n) is 1.53. The summed E-state index contributed by atoms with van der Waals surface area (Å²) in [6.07, 6.45) is 0. The van der Waals surface area contributed by atoms with Gasteiger partial charge in [-0.15, -0.1) is 0 Å². The van der Waals surface area contributed by atoms with Gasteiger partial charge in [0.2, 0.25) is 0 Å². The first kappa shape index (κ1) is 16.2. The van der Waals surface area contributed by atoms with E-state index in [1.54, 1.807) is 6.07 Å². The molecule has 0 aliphatic carbocycles. The molecule has 0 fully saturated rings. The van der Waals surface area contributed by atoms with Crippen molar-refractivity contribution in [2.45, 2.75) is 40.7 Å². The lowest BCUT2D eigenvalue weighted by molar-refractivity contribution is 0.819. The largest absolute Gasteiger partial charge is 0.399 e. The Hall–Kier alpha value is -1.22. The second-order valence-electron chi connectivity index (χ2n) is 2.72. The van der Waals surface area contributed by atoms with Crippen LogP contribution in [0.1, 0.15) is 46.2 Å². The van der Waals surface area contributed by atoms with E-state index in [4.69, 9.17) is 17.2 Å². The summed E-state index contributed by atoms with van der Waals surface area (Å²) in [5.74, 6) is 0. The van der Waals surface area contributed by atoms with Crippen molar-refractivity contribution in [1.82, 2.24) is 0 Å². The van der Waals surface area contributed by atoms with Crippen LogP contribution in [0.25, 0.3) is 0 Å². The molecule has 0 aliphatic heterocycles. The summed E-state index contributed by atoms with van der Waals surface area (Å²) in [5.41, 5.74) is 19.1. The Kier molecular flexibility index (Phi) is 10.1. The van der Waals surface area contributed by atoms with E-state index in [1.165, 1.54) is 0 Å². The Morgan fingerprint density at radius 3 is 1.47 bits per heavy atom. The predicted molar refractivity (Wildman–Crippen MR) is 70.6 cm³/mol. The summed E-state index contributed by atoms with van der Waals surface area (Å²) in [6, 6.07) is 5.37. The standard InChI is InChI=1S/C8H13N3.2C2H6/c1-5(9)6-2-7(10)4-8(11)3-6;2*1-2/h2-5H,9-11H2,1H3;2*1-2H3/t5-;;/m1../s1. The van der Waals surface area contributed by atoms with Crippen LogP contribution < -0.4 is 17.2 Å². The molecule has 88 valence electrons. The lowest BCUT2D eigenvalue weighted by Gasteiger charge is -2.07. The fourth-order valence-corrected chi connectivity index (χ4v) is 0.965. The zero-order chi connectivity index (χ0) is 12.4. The quantitative estimate of drug-likeness (QED) is 0.625. The molecule has 0 heterocycles. The van der Waals surface area contributed by atoms with Crippen molar-refractivity contribution in [2.24, 2.45) is 5.73 Å². The third kappa shape index (κ3) is 6.80. The molecule has 0 aromatic heterocycles. The summed E-state index contributed by atoms with van der Waals surface area (Å²) in [4.78, 5) is 0. The van der Waals surface area contributed by atoms with Crippen LogP contribution in [0, 0.1) is 0 Å². The maximum Gasteiger partial charge on any atom is 0.0338 e. The van der Waals surface area contributed by atoms with E-state index in [0.717, 1.165) is 5.56 Å². The third-order valence-corrected chi connectivity index (χ3v) is 1.53. The minimum atomic E-state index is -0.0131. The van der Waals surface area contributed by atoms with E-state index < -0.39 is 0 Å². The normalized spacial score (nSPS) is 10.3. The first-order valence-corrected chi connectivity index (χ1v) is 5.51. The Morgan fingerprint density at radius 1 is 0.867 bits per heavy atom. The number of anilines is 2. The fourth-order valence-electron chi connectivity index (χ4n) is 0.965. The number of nitrogen functional groups attached to an aromatic ring is 2. The van der Waals surface area contributed by atoms with Crippen LogP contribution in [-0.2, 0) is 0 Å². The molecule has 1 aromatic carbocycles. The van der Waals surface area contributed by atoms with Crippen molar-refractivity contribution < 1.29 is 0 Å². The number of rotatable bonds is 1. The van der Waals surface area contributed by atoms with Gasteiger partial charge in [-0.05, 0) is 30.7 Å². The molecular formula is C12H25N3. The Bertz CT molecular complexity index is 237. The number of benzene rings is 1. The zero-order valence-electron chi connectivity index (χ0n) is 10.5. The SMILES string of the molecule is CC.CC.C[C@@H](N)c1cc(N)cc(N)c1. The summed E-state index contributed by atoms with van der Waals surface area (Å²) in [7, 11) is 0. The predicted octanol–water partition coefficient (Wildman–Crippen LogP) is 2.92. The molecule has 1 atom stereocenters. The van der Waals surface area contributed by atoms with Gasteiger partial charge in [-0.25, -0.2) is 0 Å². The molecule has 3 nitrogen and oxygen atoms in total. The van der Waals surface area contributed by atoms with Crippen LogP contribution in [0.2, 0.25) is 0 Å². The highest BCUT2D eigenvalue weighted by Crippen LogP contribution is 2.17. The summed E-state index contributed by atoms with van der Waals surface area (Å²) in [5, 5.41) is 0. The first-order valence-electron chi connectivity index (χ1n) is 5.51. The zero-order valence-corrected chi connectivity index (χ0v) is 10.5. The smallest absolute Gasteiger partial charge is 0.0338 e. The molecule has 0 unspecified atom stereocenters. The van der Waals surface area contributed by atoms with Crippen LogP contribution in [0.15, 0.2) is 18.2 Å². The van der Waals surface area contributed by atoms with E-state index in [2.05, 4.69) is 0 Å². The molecule has 0 saturated carbocycles. The van der Waals surface area contributed by atoms with Gasteiger partial charge < -0.3 is 17.2 Å². The monoisotopic (exact) mass is 211 g/mol. The maximum atomic E-state index is 5.64. The molecule has 3 heteroatoms. The number of nitrogens with two attached hydrogens (primary N) is 3. The maximum absolute atomic E-state index is 5.64. The van der Waals surface area contributed by atoms with Gasteiger partial charge >= 0.3 is 0 Å². The molecule has 0 aliphatic rings. The molecule has 6 N–H and O–H groups in total. The Morgan fingerprint density at radius 2 is 1.20 bits per heavy atom. The van der Waals surface area contributed by atoms with Crippen molar-refractivity contribution in [3.05, 3.63) is 23.8 Å². The Balaban J connectivity index is 0. The number of hydrogen-bond acceptors (Lipinski definition) is 3. The van der Waals surface area contributed by atoms with Crippen molar-refractivity contribution in [3.63, 3.8) is 0 Å². The summed E-state index contributed by atoms with van der Waals surface area (Å²) >= 11 is 0. The van der Waals surface area contributed by atoms with Crippen LogP contribution in [0.4, 0.5) is 11.4 Å². The van der Waals surface area contributed by atoms with Gasteiger partial charge in [-0.1, -0.05) is 27.7 Å². The van der Waals surface area contributed by atoms with Crippen molar-refractivity contribution in [2.75, 3.05) is 11.5 Å². The molecule has 1 rings (SSSR count). The highest BCUT2D eigenvalue weighted by Gasteiger charge is 2.00.